The Bertz CT molecular complexity index is 937. The van der Waals surface area contributed by atoms with Crippen molar-refractivity contribution < 1.29 is 8.78 Å². The summed E-state index contributed by atoms with van der Waals surface area (Å²) in [6, 6.07) is 5.45. The molecule has 0 spiro atoms. The summed E-state index contributed by atoms with van der Waals surface area (Å²) in [5.41, 5.74) is 8.46. The molecule has 1 saturated heterocycles. The number of aromatic nitrogens is 3. The average Bonchev–Trinajstić information content (AvgIpc) is 3.53. The number of nitrogens with two attached hydrogens (primary N) is 1. The fourth-order valence-corrected chi connectivity index (χ4v) is 4.02. The largest absolute Gasteiger partial charge is 0.402 e. The van der Waals surface area contributed by atoms with Crippen LogP contribution in [0.3, 0.4) is 0 Å². The maximum atomic E-state index is 13.9. The van der Waals surface area contributed by atoms with Crippen molar-refractivity contribution in [1.82, 2.24) is 20.1 Å². The second kappa shape index (κ2) is 8.63. The lowest BCUT2D eigenvalue weighted by Gasteiger charge is -2.30. The lowest BCUT2D eigenvalue weighted by Crippen LogP contribution is -2.40. The number of anilines is 1. The first-order valence-electron chi connectivity index (χ1n) is 10.5. The van der Waals surface area contributed by atoms with Gasteiger partial charge in [-0.05, 0) is 69.8 Å². The Labute approximate surface area is 175 Å². The van der Waals surface area contributed by atoms with Crippen molar-refractivity contribution in [3.63, 3.8) is 0 Å². The lowest BCUT2D eigenvalue weighted by atomic mass is 9.98. The number of likely N-dealkylation sites (tertiary alicyclic amines) is 1. The molecule has 0 radical (unpaired) electrons. The number of hydrogen-bond donors (Lipinski definition) is 2. The van der Waals surface area contributed by atoms with Gasteiger partial charge in [0, 0.05) is 29.4 Å². The predicted molar refractivity (Wildman–Crippen MR) is 114 cm³/mol. The molecule has 6 nitrogen and oxygen atoms in total. The molecular weight excluding hydrogens is 386 g/mol. The number of nitrogens with one attached hydrogen (secondary N) is 1. The van der Waals surface area contributed by atoms with Gasteiger partial charge in [-0.1, -0.05) is 12.1 Å². The Morgan fingerprint density at radius 1 is 1.27 bits per heavy atom. The number of hydrogen-bond acceptors (Lipinski definition) is 6. The molecule has 1 atom stereocenters. The summed E-state index contributed by atoms with van der Waals surface area (Å²) in [6.45, 7) is 3.70. The first kappa shape index (κ1) is 20.7. The molecule has 2 fully saturated rings. The van der Waals surface area contributed by atoms with Gasteiger partial charge in [-0.3, -0.25) is 0 Å². The molecule has 1 unspecified atom stereocenters. The summed E-state index contributed by atoms with van der Waals surface area (Å²) in [7, 11) is 2.08. The second-order valence-electron chi connectivity index (χ2n) is 8.43. The summed E-state index contributed by atoms with van der Waals surface area (Å²) < 4.78 is 27.7. The maximum absolute atomic E-state index is 13.9. The first-order chi connectivity index (χ1) is 14.4. The third kappa shape index (κ3) is 4.75. The standard InChI is InChI=1S/C22H28F2N6/c1-13(25)10-19-20(17-8-7-15(14-5-6-14)11-18(17)21(23)24)28-29-22(27-19)26-16-4-3-9-30(2)12-16/h7-8,10-11,14,16,21H,3-6,9,12,25H2,1-2H3,(H,26,27,29)/b13-10-. The minimum atomic E-state index is -2.60. The molecule has 1 aromatic heterocycles. The third-order valence-electron chi connectivity index (χ3n) is 5.65. The molecule has 0 bridgehead atoms. The van der Waals surface area contributed by atoms with Crippen LogP contribution >= 0.6 is 0 Å². The van der Waals surface area contributed by atoms with Gasteiger partial charge in [0.25, 0.3) is 6.43 Å². The van der Waals surface area contributed by atoms with Crippen molar-refractivity contribution in [2.75, 3.05) is 25.5 Å². The molecule has 1 aliphatic heterocycles. The van der Waals surface area contributed by atoms with E-state index in [-0.39, 0.29) is 11.6 Å². The predicted octanol–water partition coefficient (Wildman–Crippen LogP) is 4.18. The molecule has 0 amide bonds. The van der Waals surface area contributed by atoms with E-state index < -0.39 is 6.43 Å². The molecule has 1 aromatic carbocycles. The topological polar surface area (TPSA) is 80.0 Å². The van der Waals surface area contributed by atoms with Crippen molar-refractivity contribution in [3.05, 3.63) is 40.7 Å². The van der Waals surface area contributed by atoms with Gasteiger partial charge in [0.1, 0.15) is 5.69 Å². The Kier molecular flexibility index (Phi) is 5.94. The van der Waals surface area contributed by atoms with Crippen LogP contribution in [0.15, 0.2) is 23.9 Å². The van der Waals surface area contributed by atoms with Gasteiger partial charge in [-0.15, -0.1) is 10.2 Å². The van der Waals surface area contributed by atoms with Crippen LogP contribution in [0, 0.1) is 0 Å². The van der Waals surface area contributed by atoms with E-state index in [1.54, 1.807) is 25.1 Å². The monoisotopic (exact) mass is 414 g/mol. The van der Waals surface area contributed by atoms with Crippen LogP contribution in [0.2, 0.25) is 0 Å². The number of nitrogens with zero attached hydrogens (tertiary/aromatic N) is 4. The van der Waals surface area contributed by atoms with Gasteiger partial charge in [-0.2, -0.15) is 0 Å². The third-order valence-corrected chi connectivity index (χ3v) is 5.65. The zero-order valence-corrected chi connectivity index (χ0v) is 17.4. The summed E-state index contributed by atoms with van der Waals surface area (Å²) in [5.74, 6) is 0.784. The molecule has 4 rings (SSSR count). The fraction of sp³-hybridized carbons (Fsp3) is 0.500. The minimum absolute atomic E-state index is 0.0329. The molecule has 2 aliphatic rings. The average molecular weight is 415 g/mol. The minimum Gasteiger partial charge on any atom is -0.402 e. The highest BCUT2D eigenvalue weighted by molar-refractivity contribution is 5.73. The smallest absolute Gasteiger partial charge is 0.264 e. The summed E-state index contributed by atoms with van der Waals surface area (Å²) in [4.78, 5) is 6.83. The zero-order chi connectivity index (χ0) is 21.3. The molecule has 8 heteroatoms. The highest BCUT2D eigenvalue weighted by atomic mass is 19.3. The van der Waals surface area contributed by atoms with Gasteiger partial charge >= 0.3 is 0 Å². The van der Waals surface area contributed by atoms with Crippen molar-refractivity contribution in [2.45, 2.75) is 51.0 Å². The van der Waals surface area contributed by atoms with Crippen LogP contribution in [0.1, 0.15) is 61.8 Å². The van der Waals surface area contributed by atoms with Gasteiger partial charge in [0.15, 0.2) is 0 Å². The van der Waals surface area contributed by atoms with Crippen LogP contribution in [0.5, 0.6) is 0 Å². The van der Waals surface area contributed by atoms with Crippen molar-refractivity contribution in [3.8, 4) is 11.3 Å². The molecule has 2 aromatic rings. The van der Waals surface area contributed by atoms with Gasteiger partial charge in [-0.25, -0.2) is 13.8 Å². The molecule has 1 aliphatic carbocycles. The van der Waals surface area contributed by atoms with Crippen LogP contribution in [-0.4, -0.2) is 46.3 Å². The van der Waals surface area contributed by atoms with Crippen LogP contribution < -0.4 is 11.1 Å². The number of allylic oxidation sites excluding steroid dienone is 1. The molecule has 2 heterocycles. The van der Waals surface area contributed by atoms with E-state index >= 15 is 0 Å². The SMILES string of the molecule is C/C(N)=C/c1nc(NC2CCCN(C)C2)nnc1-c1ccc(C2CC2)cc1C(F)F. The maximum Gasteiger partial charge on any atom is 0.264 e. The number of piperidine rings is 1. The van der Waals surface area contributed by atoms with E-state index in [2.05, 4.69) is 32.4 Å². The number of likely N-dealkylation sites (N-methyl/N-ethyl adjacent to an activating group) is 1. The second-order valence-corrected chi connectivity index (χ2v) is 8.43. The van der Waals surface area contributed by atoms with Gasteiger partial charge in [0.2, 0.25) is 5.95 Å². The van der Waals surface area contributed by atoms with Crippen LogP contribution in [-0.2, 0) is 0 Å². The molecule has 1 saturated carbocycles. The molecule has 160 valence electrons. The number of halogens is 2. The number of alkyl halides is 2. The van der Waals surface area contributed by atoms with E-state index in [4.69, 9.17) is 5.73 Å². The molecular formula is C22H28F2N6. The zero-order valence-electron chi connectivity index (χ0n) is 17.4. The van der Waals surface area contributed by atoms with Crippen molar-refractivity contribution in [1.29, 1.82) is 0 Å². The summed E-state index contributed by atoms with van der Waals surface area (Å²) >= 11 is 0. The summed E-state index contributed by atoms with van der Waals surface area (Å²) in [5, 5.41) is 11.8. The lowest BCUT2D eigenvalue weighted by molar-refractivity contribution is 0.152. The Hall–Kier alpha value is -2.61. The highest BCUT2D eigenvalue weighted by Crippen LogP contribution is 2.43. The van der Waals surface area contributed by atoms with Gasteiger partial charge in [0.05, 0.1) is 5.69 Å². The first-order valence-corrected chi connectivity index (χ1v) is 10.5. The van der Waals surface area contributed by atoms with E-state index in [0.717, 1.165) is 44.3 Å². The number of rotatable bonds is 6. The quantitative estimate of drug-likeness (QED) is 0.738. The summed E-state index contributed by atoms with van der Waals surface area (Å²) in [6.07, 6.45) is 3.29. The molecule has 30 heavy (non-hydrogen) atoms. The van der Waals surface area contributed by atoms with E-state index in [9.17, 15) is 8.78 Å². The fourth-order valence-electron chi connectivity index (χ4n) is 4.02. The van der Waals surface area contributed by atoms with Crippen LogP contribution in [0.4, 0.5) is 14.7 Å². The van der Waals surface area contributed by atoms with Crippen molar-refractivity contribution >= 4 is 12.0 Å². The van der Waals surface area contributed by atoms with E-state index in [1.807, 2.05) is 6.07 Å². The molecule has 3 N–H and O–H groups in total. The Balaban J connectivity index is 1.70. The highest BCUT2D eigenvalue weighted by Gasteiger charge is 2.27. The Morgan fingerprint density at radius 2 is 2.07 bits per heavy atom. The van der Waals surface area contributed by atoms with Crippen molar-refractivity contribution in [2.24, 2.45) is 5.73 Å². The number of benzene rings is 1. The van der Waals surface area contributed by atoms with Gasteiger partial charge < -0.3 is 16.0 Å². The van der Waals surface area contributed by atoms with E-state index in [1.165, 1.54) is 0 Å². The Morgan fingerprint density at radius 3 is 2.73 bits per heavy atom. The normalized spacial score (nSPS) is 20.6. The van der Waals surface area contributed by atoms with E-state index in [0.29, 0.717) is 34.5 Å². The van der Waals surface area contributed by atoms with Crippen LogP contribution in [0.25, 0.3) is 17.3 Å².